The summed E-state index contributed by atoms with van der Waals surface area (Å²) in [4.78, 5) is 31.4. The lowest BCUT2D eigenvalue weighted by molar-refractivity contribution is -0.159. The number of hydrogen-bond donors (Lipinski definition) is 5. The summed E-state index contributed by atoms with van der Waals surface area (Å²) in [7, 11) is 0. The number of carbonyl (C=O) groups excluding carboxylic acids is 2. The Kier molecular flexibility index (Phi) is 13.6. The molecule has 0 aliphatic carbocycles. The molecule has 2 amide bonds. The fraction of sp³-hybridized carbons (Fsp3) is 0.600. The Morgan fingerprint density at radius 1 is 1.18 bits per heavy atom. The molecular weight excluding hydrogens is 470 g/mol. The SMILES string of the molecule is O=C(NCC[C@H](C(=O)NO)N(OCCOCCN1CCNCC1)S(=O)O)OCc1ccccc1. The topological polar surface area (TPSA) is 162 Å². The summed E-state index contributed by atoms with van der Waals surface area (Å²) < 4.78 is 32.4. The van der Waals surface area contributed by atoms with Crippen LogP contribution >= 0.6 is 0 Å². The molecule has 1 saturated heterocycles. The van der Waals surface area contributed by atoms with Crippen molar-refractivity contribution in [1.29, 1.82) is 0 Å². The highest BCUT2D eigenvalue weighted by atomic mass is 32.2. The first-order valence-electron chi connectivity index (χ1n) is 10.9. The summed E-state index contributed by atoms with van der Waals surface area (Å²) in [5.41, 5.74) is 2.25. The molecule has 0 bridgehead atoms. The number of alkyl carbamates (subject to hydrolysis) is 1. The Hall–Kier alpha value is -2.17. The van der Waals surface area contributed by atoms with E-state index in [1.165, 1.54) is 5.48 Å². The van der Waals surface area contributed by atoms with Crippen molar-refractivity contribution in [3.05, 3.63) is 35.9 Å². The zero-order valence-electron chi connectivity index (χ0n) is 18.9. The van der Waals surface area contributed by atoms with E-state index in [4.69, 9.17) is 19.5 Å². The summed E-state index contributed by atoms with van der Waals surface area (Å²) in [5.74, 6) is -0.971. The zero-order valence-corrected chi connectivity index (χ0v) is 19.7. The van der Waals surface area contributed by atoms with E-state index in [1.54, 1.807) is 12.1 Å². The van der Waals surface area contributed by atoms with Crippen LogP contribution < -0.4 is 16.1 Å². The normalized spacial score (nSPS) is 16.1. The highest BCUT2D eigenvalue weighted by Crippen LogP contribution is 2.09. The summed E-state index contributed by atoms with van der Waals surface area (Å²) in [6.45, 7) is 5.04. The van der Waals surface area contributed by atoms with Gasteiger partial charge in [-0.2, -0.15) is 0 Å². The minimum Gasteiger partial charge on any atom is -0.445 e. The molecule has 1 heterocycles. The van der Waals surface area contributed by atoms with E-state index in [1.807, 2.05) is 18.2 Å². The second-order valence-electron chi connectivity index (χ2n) is 7.32. The lowest BCUT2D eigenvalue weighted by Crippen LogP contribution is -2.48. The number of carbonyl (C=O) groups is 2. The number of rotatable bonds is 15. The van der Waals surface area contributed by atoms with E-state index >= 15 is 0 Å². The number of nitrogens with one attached hydrogen (secondary N) is 3. The van der Waals surface area contributed by atoms with Gasteiger partial charge in [0.1, 0.15) is 12.6 Å². The average Bonchev–Trinajstić information content (AvgIpc) is 2.86. The number of nitrogens with zero attached hydrogens (tertiary/aromatic N) is 2. The molecule has 2 atom stereocenters. The quantitative estimate of drug-likeness (QED) is 0.0910. The van der Waals surface area contributed by atoms with Crippen molar-refractivity contribution < 1.29 is 37.9 Å². The Morgan fingerprint density at radius 3 is 2.59 bits per heavy atom. The van der Waals surface area contributed by atoms with Crippen molar-refractivity contribution in [3.63, 3.8) is 0 Å². The van der Waals surface area contributed by atoms with E-state index in [-0.39, 0.29) is 32.8 Å². The van der Waals surface area contributed by atoms with E-state index < -0.39 is 29.3 Å². The molecule has 1 aliphatic heterocycles. The summed E-state index contributed by atoms with van der Waals surface area (Å²) in [6, 6.07) is 7.72. The Labute approximate surface area is 201 Å². The summed E-state index contributed by atoms with van der Waals surface area (Å²) in [5, 5.41) is 14.7. The average molecular weight is 504 g/mol. The maximum Gasteiger partial charge on any atom is 0.407 e. The molecule has 2 rings (SSSR count). The Bertz CT molecular complexity index is 754. The second-order valence-corrected chi connectivity index (χ2v) is 8.14. The number of hydroxylamine groups is 2. The van der Waals surface area contributed by atoms with Gasteiger partial charge in [0.05, 0.1) is 19.8 Å². The van der Waals surface area contributed by atoms with Gasteiger partial charge in [-0.1, -0.05) is 34.8 Å². The second kappa shape index (κ2) is 16.5. The first-order chi connectivity index (χ1) is 16.5. The van der Waals surface area contributed by atoms with E-state index in [2.05, 4.69) is 15.5 Å². The minimum absolute atomic E-state index is 0.0672. The maximum atomic E-state index is 12.0. The van der Waals surface area contributed by atoms with Crippen LogP contribution in [-0.2, 0) is 37.0 Å². The Morgan fingerprint density at radius 2 is 1.91 bits per heavy atom. The molecule has 0 spiro atoms. The predicted octanol–water partition coefficient (Wildman–Crippen LogP) is -0.531. The van der Waals surface area contributed by atoms with Gasteiger partial charge in [-0.25, -0.2) is 14.5 Å². The predicted molar refractivity (Wildman–Crippen MR) is 122 cm³/mol. The number of benzene rings is 1. The molecule has 1 aromatic rings. The Balaban J connectivity index is 1.71. The lowest BCUT2D eigenvalue weighted by atomic mass is 10.2. The van der Waals surface area contributed by atoms with E-state index in [9.17, 15) is 18.4 Å². The molecule has 0 radical (unpaired) electrons. The van der Waals surface area contributed by atoms with Gasteiger partial charge >= 0.3 is 6.09 Å². The molecule has 5 N–H and O–H groups in total. The first-order valence-corrected chi connectivity index (χ1v) is 12.0. The molecule has 14 heteroatoms. The highest BCUT2D eigenvalue weighted by molar-refractivity contribution is 7.76. The van der Waals surface area contributed by atoms with Crippen LogP contribution in [0, 0.1) is 0 Å². The maximum absolute atomic E-state index is 12.0. The van der Waals surface area contributed by atoms with Crippen LogP contribution in [-0.4, -0.2) is 100 Å². The molecular formula is C20H33N5O8S. The zero-order chi connectivity index (χ0) is 24.6. The third-order valence-electron chi connectivity index (χ3n) is 4.93. The van der Waals surface area contributed by atoms with Gasteiger partial charge in [-0.05, 0) is 12.0 Å². The molecule has 1 unspecified atom stereocenters. The monoisotopic (exact) mass is 503 g/mol. The largest absolute Gasteiger partial charge is 0.445 e. The van der Waals surface area contributed by atoms with Gasteiger partial charge < -0.3 is 20.1 Å². The van der Waals surface area contributed by atoms with Crippen molar-refractivity contribution in [3.8, 4) is 0 Å². The van der Waals surface area contributed by atoms with Gasteiger partial charge in [0.25, 0.3) is 17.2 Å². The molecule has 13 nitrogen and oxygen atoms in total. The van der Waals surface area contributed by atoms with Crippen LogP contribution in [0.2, 0.25) is 0 Å². The van der Waals surface area contributed by atoms with Gasteiger partial charge in [0.2, 0.25) is 0 Å². The highest BCUT2D eigenvalue weighted by Gasteiger charge is 2.31. The fourth-order valence-electron chi connectivity index (χ4n) is 3.15. The number of piperazine rings is 1. The van der Waals surface area contributed by atoms with E-state index in [0.29, 0.717) is 11.1 Å². The van der Waals surface area contributed by atoms with Crippen LogP contribution in [0.5, 0.6) is 0 Å². The molecule has 1 fully saturated rings. The summed E-state index contributed by atoms with van der Waals surface area (Å²) in [6.07, 6.45) is -0.856. The van der Waals surface area contributed by atoms with Crippen LogP contribution in [0.1, 0.15) is 12.0 Å². The van der Waals surface area contributed by atoms with Gasteiger partial charge in [0, 0.05) is 39.3 Å². The molecule has 0 saturated carbocycles. The molecule has 192 valence electrons. The van der Waals surface area contributed by atoms with Crippen LogP contribution in [0.3, 0.4) is 0 Å². The fourth-order valence-corrected chi connectivity index (χ4v) is 3.74. The third-order valence-corrected chi connectivity index (χ3v) is 5.60. The lowest BCUT2D eigenvalue weighted by Gasteiger charge is -2.27. The molecule has 1 aromatic carbocycles. The van der Waals surface area contributed by atoms with Gasteiger partial charge in [0.15, 0.2) is 0 Å². The van der Waals surface area contributed by atoms with Crippen LogP contribution in [0.25, 0.3) is 0 Å². The van der Waals surface area contributed by atoms with Crippen LogP contribution in [0.4, 0.5) is 4.79 Å². The van der Waals surface area contributed by atoms with E-state index in [0.717, 1.165) is 38.3 Å². The van der Waals surface area contributed by atoms with Crippen molar-refractivity contribution in [2.24, 2.45) is 0 Å². The first kappa shape index (κ1) is 28.1. The third kappa shape index (κ3) is 10.8. The molecule has 0 aromatic heterocycles. The number of amides is 2. The smallest absolute Gasteiger partial charge is 0.407 e. The number of ether oxygens (including phenoxy) is 2. The standard InChI is InChI=1S/C20H33N5O8S/c26-19(23-28)18(6-7-22-20(27)32-16-17-4-2-1-3-5-17)25(34(29)30)33-15-14-31-13-12-24-10-8-21-9-11-24/h1-5,18,21,28H,6-16H2,(H,22,27)(H,23,26)(H,29,30)/t18-/m1/s1. The number of hydrogen-bond acceptors (Lipinski definition) is 9. The summed E-state index contributed by atoms with van der Waals surface area (Å²) >= 11 is -2.68. The minimum atomic E-state index is -2.68. The van der Waals surface area contributed by atoms with Crippen LogP contribution in [0.15, 0.2) is 30.3 Å². The molecule has 34 heavy (non-hydrogen) atoms. The van der Waals surface area contributed by atoms with Crippen molar-refractivity contribution in [1.82, 2.24) is 25.5 Å². The molecule has 1 aliphatic rings. The van der Waals surface area contributed by atoms with Crippen molar-refractivity contribution in [2.75, 3.05) is 59.1 Å². The van der Waals surface area contributed by atoms with Crippen molar-refractivity contribution >= 4 is 23.3 Å². The van der Waals surface area contributed by atoms with Gasteiger partial charge in [-0.3, -0.25) is 24.3 Å². The van der Waals surface area contributed by atoms with Crippen molar-refractivity contribution in [2.45, 2.75) is 19.1 Å². The van der Waals surface area contributed by atoms with Gasteiger partial charge in [-0.15, -0.1) is 0 Å².